The molecule has 7 nitrogen and oxygen atoms in total. The summed E-state index contributed by atoms with van der Waals surface area (Å²) in [7, 11) is 5.67. The summed E-state index contributed by atoms with van der Waals surface area (Å²) in [6.07, 6.45) is 0. The van der Waals surface area contributed by atoms with Crippen molar-refractivity contribution in [3.63, 3.8) is 0 Å². The Hall–Kier alpha value is -3.35. The molecular formula is C22H28N6O. The van der Waals surface area contributed by atoms with Crippen LogP contribution in [0.25, 0.3) is 0 Å². The number of nitrogens with one attached hydrogen (secondary N) is 1. The number of methoxy groups -OCH3 is 1. The molecule has 3 rings (SSSR count). The number of hydrogen-bond acceptors (Lipinski definition) is 4. The quantitative estimate of drug-likeness (QED) is 0.495. The molecule has 2 aromatic carbocycles. The Morgan fingerprint density at radius 2 is 1.79 bits per heavy atom. The number of aromatic nitrogens is 3. The van der Waals surface area contributed by atoms with Crippen LogP contribution in [0.4, 0.5) is 0 Å². The highest BCUT2D eigenvalue weighted by atomic mass is 16.5. The Kier molecular flexibility index (Phi) is 6.84. The largest absolute Gasteiger partial charge is 0.497 e. The van der Waals surface area contributed by atoms with Crippen molar-refractivity contribution >= 4 is 5.96 Å². The summed E-state index contributed by atoms with van der Waals surface area (Å²) >= 11 is 0. The Labute approximate surface area is 172 Å². The molecule has 152 valence electrons. The van der Waals surface area contributed by atoms with Gasteiger partial charge in [-0.1, -0.05) is 42.5 Å². The van der Waals surface area contributed by atoms with Crippen LogP contribution in [-0.2, 0) is 26.7 Å². The molecule has 0 spiro atoms. The van der Waals surface area contributed by atoms with Crippen molar-refractivity contribution in [1.29, 1.82) is 0 Å². The van der Waals surface area contributed by atoms with Gasteiger partial charge in [-0.2, -0.15) is 0 Å². The van der Waals surface area contributed by atoms with E-state index in [1.54, 1.807) is 7.11 Å². The minimum atomic E-state index is 0.553. The first kappa shape index (κ1) is 20.4. The summed E-state index contributed by atoms with van der Waals surface area (Å²) in [6, 6.07) is 18.3. The van der Waals surface area contributed by atoms with Gasteiger partial charge in [0.25, 0.3) is 0 Å². The van der Waals surface area contributed by atoms with E-state index in [0.29, 0.717) is 13.1 Å². The fourth-order valence-electron chi connectivity index (χ4n) is 2.90. The predicted octanol–water partition coefficient (Wildman–Crippen LogP) is 2.91. The molecule has 0 aliphatic carbocycles. The third-order valence-corrected chi connectivity index (χ3v) is 4.78. The van der Waals surface area contributed by atoms with Crippen LogP contribution in [0.15, 0.2) is 59.6 Å². The lowest BCUT2D eigenvalue weighted by Crippen LogP contribution is -2.38. The van der Waals surface area contributed by atoms with Crippen molar-refractivity contribution < 1.29 is 4.74 Å². The van der Waals surface area contributed by atoms with Gasteiger partial charge in [-0.05, 0) is 30.2 Å². The first-order chi connectivity index (χ1) is 14.1. The molecule has 0 saturated carbocycles. The maximum atomic E-state index is 5.23. The van der Waals surface area contributed by atoms with E-state index in [1.165, 1.54) is 5.56 Å². The second-order valence-electron chi connectivity index (χ2n) is 6.91. The first-order valence-electron chi connectivity index (χ1n) is 9.58. The summed E-state index contributed by atoms with van der Waals surface area (Å²) in [5.74, 6) is 3.41. The monoisotopic (exact) mass is 392 g/mol. The molecule has 0 unspecified atom stereocenters. The fourth-order valence-corrected chi connectivity index (χ4v) is 2.90. The molecule has 1 heterocycles. The Morgan fingerprint density at radius 1 is 1.07 bits per heavy atom. The first-order valence-corrected chi connectivity index (χ1v) is 9.58. The van der Waals surface area contributed by atoms with Gasteiger partial charge in [0, 0.05) is 20.6 Å². The normalized spacial score (nSPS) is 11.4. The predicted molar refractivity (Wildman–Crippen MR) is 115 cm³/mol. The smallest absolute Gasteiger partial charge is 0.194 e. The second-order valence-corrected chi connectivity index (χ2v) is 6.91. The van der Waals surface area contributed by atoms with Gasteiger partial charge in [-0.3, -0.25) is 0 Å². The van der Waals surface area contributed by atoms with E-state index < -0.39 is 0 Å². The second kappa shape index (κ2) is 9.73. The Balaban J connectivity index is 1.74. The zero-order valence-electron chi connectivity index (χ0n) is 17.5. The highest BCUT2D eigenvalue weighted by molar-refractivity contribution is 5.79. The van der Waals surface area contributed by atoms with Crippen molar-refractivity contribution in [1.82, 2.24) is 25.0 Å². The lowest BCUT2D eigenvalue weighted by Gasteiger charge is -2.22. The molecule has 0 bridgehead atoms. The van der Waals surface area contributed by atoms with Gasteiger partial charge in [-0.15, -0.1) is 10.2 Å². The fraction of sp³-hybridized carbons (Fsp3) is 0.318. The minimum absolute atomic E-state index is 0.553. The van der Waals surface area contributed by atoms with Crippen LogP contribution in [-0.4, -0.2) is 39.8 Å². The topological polar surface area (TPSA) is 67.6 Å². The van der Waals surface area contributed by atoms with Crippen LogP contribution < -0.4 is 10.1 Å². The number of aliphatic imine (C=N–C) groups is 1. The summed E-state index contributed by atoms with van der Waals surface area (Å²) in [4.78, 5) is 6.94. The molecule has 29 heavy (non-hydrogen) atoms. The molecule has 0 radical (unpaired) electrons. The molecule has 7 heteroatoms. The third kappa shape index (κ3) is 5.57. The number of ether oxygens (including phenoxy) is 1. The van der Waals surface area contributed by atoms with Gasteiger partial charge in [0.2, 0.25) is 0 Å². The summed E-state index contributed by atoms with van der Waals surface area (Å²) in [5.41, 5.74) is 2.34. The molecule has 0 amide bonds. The zero-order valence-corrected chi connectivity index (χ0v) is 17.5. The van der Waals surface area contributed by atoms with E-state index >= 15 is 0 Å². The Bertz CT molecular complexity index is 934. The van der Waals surface area contributed by atoms with Crippen molar-refractivity contribution in [2.75, 3.05) is 14.2 Å². The molecule has 1 N–H and O–H groups in total. The number of nitrogens with zero attached hydrogens (tertiary/aromatic N) is 5. The maximum Gasteiger partial charge on any atom is 0.194 e. The van der Waals surface area contributed by atoms with E-state index in [4.69, 9.17) is 9.73 Å². The van der Waals surface area contributed by atoms with Crippen LogP contribution in [0.5, 0.6) is 5.75 Å². The molecule has 0 saturated heterocycles. The van der Waals surface area contributed by atoms with Gasteiger partial charge in [0.05, 0.1) is 20.2 Å². The van der Waals surface area contributed by atoms with Gasteiger partial charge in [0.15, 0.2) is 11.8 Å². The lowest BCUT2D eigenvalue weighted by molar-refractivity contribution is 0.414. The van der Waals surface area contributed by atoms with Crippen LogP contribution in [0.2, 0.25) is 0 Å². The average Bonchev–Trinajstić information content (AvgIpc) is 3.07. The standard InChI is InChI=1S/C22H28N6O/c1-17-25-26-21(28(17)3)15-24-22(27(2)16-19-8-6-5-7-9-19)23-14-18-10-12-20(29-4)13-11-18/h5-13H,14-16H2,1-4H3,(H,23,24). The van der Waals surface area contributed by atoms with Crippen molar-refractivity contribution in [3.05, 3.63) is 77.4 Å². The van der Waals surface area contributed by atoms with Crippen LogP contribution in [0.1, 0.15) is 22.8 Å². The summed E-state index contributed by atoms with van der Waals surface area (Å²) in [5, 5.41) is 11.8. The van der Waals surface area contributed by atoms with E-state index in [0.717, 1.165) is 35.5 Å². The average molecular weight is 393 g/mol. The number of aryl methyl sites for hydroxylation is 1. The van der Waals surface area contributed by atoms with Crippen LogP contribution >= 0.6 is 0 Å². The van der Waals surface area contributed by atoms with Crippen molar-refractivity contribution in [2.45, 2.75) is 26.6 Å². The molecular weight excluding hydrogens is 364 g/mol. The molecule has 3 aromatic rings. The van der Waals surface area contributed by atoms with E-state index in [2.05, 4.69) is 32.5 Å². The SMILES string of the molecule is COc1ccc(CN=C(NCc2nnc(C)n2C)N(C)Cc2ccccc2)cc1. The molecule has 0 atom stereocenters. The third-order valence-electron chi connectivity index (χ3n) is 4.78. The maximum absolute atomic E-state index is 5.23. The van der Waals surface area contributed by atoms with Gasteiger partial charge in [-0.25, -0.2) is 4.99 Å². The van der Waals surface area contributed by atoms with Crippen LogP contribution in [0, 0.1) is 6.92 Å². The number of rotatable bonds is 7. The molecule has 1 aromatic heterocycles. The summed E-state index contributed by atoms with van der Waals surface area (Å²) < 4.78 is 7.21. The van der Waals surface area contributed by atoms with Gasteiger partial charge in [0.1, 0.15) is 11.6 Å². The van der Waals surface area contributed by atoms with E-state index in [9.17, 15) is 0 Å². The highest BCUT2D eigenvalue weighted by Crippen LogP contribution is 2.12. The van der Waals surface area contributed by atoms with Crippen molar-refractivity contribution in [2.24, 2.45) is 12.0 Å². The van der Waals surface area contributed by atoms with Gasteiger partial charge < -0.3 is 19.5 Å². The number of hydrogen-bond donors (Lipinski definition) is 1. The summed E-state index contributed by atoms with van der Waals surface area (Å²) in [6.45, 7) is 3.82. The van der Waals surface area contributed by atoms with Crippen molar-refractivity contribution in [3.8, 4) is 5.75 Å². The molecule has 0 aliphatic heterocycles. The number of guanidine groups is 1. The minimum Gasteiger partial charge on any atom is -0.497 e. The highest BCUT2D eigenvalue weighted by Gasteiger charge is 2.10. The van der Waals surface area contributed by atoms with E-state index in [1.807, 2.05) is 68.1 Å². The Morgan fingerprint density at radius 3 is 2.41 bits per heavy atom. The van der Waals surface area contributed by atoms with Gasteiger partial charge >= 0.3 is 0 Å². The zero-order chi connectivity index (χ0) is 20.6. The van der Waals surface area contributed by atoms with E-state index in [-0.39, 0.29) is 0 Å². The lowest BCUT2D eigenvalue weighted by atomic mass is 10.2. The molecule has 0 aliphatic rings. The number of benzene rings is 2. The van der Waals surface area contributed by atoms with Crippen LogP contribution in [0.3, 0.4) is 0 Å². The molecule has 0 fully saturated rings.